The average molecular weight is 645 g/mol. The van der Waals surface area contributed by atoms with Gasteiger partial charge in [0.1, 0.15) is 12.4 Å². The van der Waals surface area contributed by atoms with Gasteiger partial charge in [-0.25, -0.2) is 0 Å². The minimum Gasteiger partial charge on any atom is -0.389 e. The van der Waals surface area contributed by atoms with Crippen molar-refractivity contribution in [3.63, 3.8) is 0 Å². The predicted octanol–water partition coefficient (Wildman–Crippen LogP) is 8.42. The van der Waals surface area contributed by atoms with Crippen molar-refractivity contribution >= 4 is 23.1 Å². The summed E-state index contributed by atoms with van der Waals surface area (Å²) < 4.78 is 0. The molecule has 0 radical (unpaired) electrons. The van der Waals surface area contributed by atoms with Crippen LogP contribution in [0, 0.1) is 69.0 Å². The maximum Gasteiger partial charge on any atom is 0.161 e. The average Bonchev–Trinajstić information content (AvgIpc) is 3.58. The Kier molecular flexibility index (Phi) is 8.49. The fourth-order valence-electron chi connectivity index (χ4n) is 14.4. The molecule has 0 spiro atoms. The van der Waals surface area contributed by atoms with Crippen molar-refractivity contribution in [2.24, 2.45) is 69.0 Å². The Labute approximate surface area is 283 Å². The van der Waals surface area contributed by atoms with Gasteiger partial charge in [0.05, 0.1) is 0 Å². The molecule has 6 saturated carbocycles. The number of aliphatic hydroxyl groups excluding tert-OH is 1. The Morgan fingerprint density at radius 1 is 0.617 bits per heavy atom. The zero-order chi connectivity index (χ0) is 33.5. The van der Waals surface area contributed by atoms with E-state index < -0.39 is 0 Å². The molecule has 0 aromatic rings. The molecule has 0 heterocycles. The first-order valence-electron chi connectivity index (χ1n) is 19.4. The molecule has 8 rings (SSSR count). The molecule has 0 bridgehead atoms. The van der Waals surface area contributed by atoms with E-state index in [0.717, 1.165) is 75.5 Å². The molecule has 5 nitrogen and oxygen atoms in total. The van der Waals surface area contributed by atoms with Crippen molar-refractivity contribution in [1.82, 2.24) is 0 Å². The summed E-state index contributed by atoms with van der Waals surface area (Å²) in [5.41, 5.74) is 3.64. The van der Waals surface area contributed by atoms with Gasteiger partial charge in [-0.2, -0.15) is 0 Å². The monoisotopic (exact) mass is 644 g/mol. The molecule has 8 aliphatic carbocycles. The van der Waals surface area contributed by atoms with Gasteiger partial charge in [-0.1, -0.05) is 38.8 Å². The highest BCUT2D eigenvalue weighted by atomic mass is 16.3. The smallest absolute Gasteiger partial charge is 0.161 e. The highest BCUT2D eigenvalue weighted by Gasteiger charge is 2.61. The van der Waals surface area contributed by atoms with E-state index >= 15 is 0 Å². The summed E-state index contributed by atoms with van der Waals surface area (Å²) in [6.07, 6.45) is 21.2. The largest absolute Gasteiger partial charge is 0.389 e. The third-order valence-electron chi connectivity index (χ3n) is 17.0. The lowest BCUT2D eigenvalue weighted by Crippen LogP contribution is -2.51. The molecule has 5 heteroatoms. The predicted molar refractivity (Wildman–Crippen MR) is 183 cm³/mol. The van der Waals surface area contributed by atoms with Gasteiger partial charge in [0.15, 0.2) is 17.3 Å². The van der Waals surface area contributed by atoms with Gasteiger partial charge < -0.3 is 5.11 Å². The summed E-state index contributed by atoms with van der Waals surface area (Å²) in [6.45, 7) is 11.1. The van der Waals surface area contributed by atoms with E-state index in [-0.39, 0.29) is 40.0 Å². The summed E-state index contributed by atoms with van der Waals surface area (Å²) in [5, 5.41) is 9.36. The third kappa shape index (κ3) is 5.08. The van der Waals surface area contributed by atoms with Gasteiger partial charge in [0.25, 0.3) is 0 Å². The molecule has 12 atom stereocenters. The minimum absolute atomic E-state index is 0.0596. The Balaban J connectivity index is 0.000000150. The van der Waals surface area contributed by atoms with Crippen LogP contribution >= 0.6 is 0 Å². The Morgan fingerprint density at radius 3 is 1.51 bits per heavy atom. The van der Waals surface area contributed by atoms with Crippen LogP contribution in [0.1, 0.15) is 137 Å². The lowest BCUT2D eigenvalue weighted by Gasteiger charge is -2.58. The zero-order valence-corrected chi connectivity index (χ0v) is 29.9. The fourth-order valence-corrected chi connectivity index (χ4v) is 14.4. The topological polar surface area (TPSA) is 88.5 Å². The van der Waals surface area contributed by atoms with Gasteiger partial charge in [0.2, 0.25) is 0 Å². The Morgan fingerprint density at radius 2 is 1.06 bits per heavy atom. The van der Waals surface area contributed by atoms with Crippen molar-refractivity contribution in [3.05, 3.63) is 23.3 Å². The van der Waals surface area contributed by atoms with Crippen LogP contribution < -0.4 is 0 Å². The third-order valence-corrected chi connectivity index (χ3v) is 17.0. The van der Waals surface area contributed by atoms with Crippen LogP contribution in [0.5, 0.6) is 0 Å². The molecule has 1 N–H and O–H groups in total. The normalized spacial score (nSPS) is 48.2. The quantitative estimate of drug-likeness (QED) is 0.333. The molecule has 0 aromatic heterocycles. The summed E-state index contributed by atoms with van der Waals surface area (Å²) in [4.78, 5) is 48.1. The zero-order valence-electron chi connectivity index (χ0n) is 29.9. The molecule has 258 valence electrons. The molecule has 0 aromatic carbocycles. The fraction of sp³-hybridized carbons (Fsp3) is 0.810. The number of carbonyl (C=O) groups is 4. The first-order valence-corrected chi connectivity index (χ1v) is 19.4. The highest BCUT2D eigenvalue weighted by molar-refractivity contribution is 5.92. The molecule has 0 aliphatic heterocycles. The van der Waals surface area contributed by atoms with Gasteiger partial charge in [-0.05, 0) is 166 Å². The number of hydrogen-bond acceptors (Lipinski definition) is 5. The van der Waals surface area contributed by atoms with Crippen LogP contribution in [0.25, 0.3) is 0 Å². The summed E-state index contributed by atoms with van der Waals surface area (Å²) in [6, 6.07) is 0. The Bertz CT molecular complexity index is 1400. The number of Topliss-reactive ketones (excluding diaryl/α,β-unsaturated/α-hetero) is 2. The van der Waals surface area contributed by atoms with E-state index in [2.05, 4.69) is 27.7 Å². The first-order chi connectivity index (χ1) is 22.3. The van der Waals surface area contributed by atoms with Gasteiger partial charge in [0, 0.05) is 24.7 Å². The van der Waals surface area contributed by atoms with Crippen LogP contribution in [-0.4, -0.2) is 34.8 Å². The number of ketones is 4. The van der Waals surface area contributed by atoms with E-state index in [1.165, 1.54) is 49.7 Å². The highest BCUT2D eigenvalue weighted by Crippen LogP contribution is 2.68. The van der Waals surface area contributed by atoms with Crippen molar-refractivity contribution in [2.45, 2.75) is 137 Å². The molecule has 0 unspecified atom stereocenters. The second-order valence-electron chi connectivity index (χ2n) is 18.5. The Hall–Kier alpha value is -1.88. The lowest BCUT2D eigenvalue weighted by molar-refractivity contribution is -0.133. The van der Waals surface area contributed by atoms with E-state index in [9.17, 15) is 24.3 Å². The lowest BCUT2D eigenvalue weighted by atomic mass is 9.46. The van der Waals surface area contributed by atoms with E-state index in [0.29, 0.717) is 47.4 Å². The molecule has 47 heavy (non-hydrogen) atoms. The van der Waals surface area contributed by atoms with Gasteiger partial charge >= 0.3 is 0 Å². The van der Waals surface area contributed by atoms with Crippen molar-refractivity contribution < 1.29 is 24.3 Å². The maximum atomic E-state index is 12.3. The number of fused-ring (bicyclic) bond motifs is 10. The van der Waals surface area contributed by atoms with Gasteiger partial charge in [-0.15, -0.1) is 0 Å². The SMILES string of the molecule is CC(=O)[C@H]1CC[C@H]2[C@@H]3CCC4=CC(=O)CC[C@]4(C)[C@H]3CC[C@]12C.C[C@]12CC[C@H]3[C@@H](CCC4=CC(=O)CC[C@@]43C)[C@@H]1CC[C@@H]2C(=O)CO. The van der Waals surface area contributed by atoms with Crippen molar-refractivity contribution in [1.29, 1.82) is 0 Å². The second-order valence-corrected chi connectivity index (χ2v) is 18.5. The van der Waals surface area contributed by atoms with Crippen LogP contribution in [0.15, 0.2) is 23.3 Å². The number of hydrogen-bond donors (Lipinski definition) is 1. The summed E-state index contributed by atoms with van der Waals surface area (Å²) in [7, 11) is 0. The second kappa shape index (κ2) is 11.9. The number of carbonyl (C=O) groups excluding carboxylic acids is 4. The maximum absolute atomic E-state index is 12.3. The molecular formula is C42H60O5. The summed E-state index contributed by atoms with van der Waals surface area (Å²) >= 11 is 0. The van der Waals surface area contributed by atoms with Gasteiger partial charge in [-0.3, -0.25) is 19.2 Å². The van der Waals surface area contributed by atoms with E-state index in [1.807, 2.05) is 12.2 Å². The molecule has 0 saturated heterocycles. The molecule has 6 fully saturated rings. The van der Waals surface area contributed by atoms with Crippen LogP contribution in [-0.2, 0) is 19.2 Å². The van der Waals surface area contributed by atoms with Crippen molar-refractivity contribution in [2.75, 3.05) is 6.61 Å². The van der Waals surface area contributed by atoms with E-state index in [4.69, 9.17) is 0 Å². The van der Waals surface area contributed by atoms with Crippen LogP contribution in [0.4, 0.5) is 0 Å². The number of rotatable bonds is 3. The standard InChI is InChI=1S/C21H30O3.C21H30O2/c1-20-9-7-14(23)11-13(20)3-4-15-16-5-6-18(19(24)12-22)21(16,2)10-8-17(15)20;1-13(22)17-6-7-18-16-5-4-14-12-15(23)8-10-20(14,2)19(16)9-11-21(17,18)3/h11,15-18,22H,3-10,12H2,1-2H3;12,16-19H,4-11H2,1-3H3/t15-,16-,17-,18+,20-,21-;16-,17+,18-,19-,20-,21+/m00/s1. The van der Waals surface area contributed by atoms with E-state index in [1.54, 1.807) is 6.92 Å². The molecule has 0 amide bonds. The number of aliphatic hydroxyl groups is 1. The molecular weight excluding hydrogens is 584 g/mol. The van der Waals surface area contributed by atoms with Crippen LogP contribution in [0.2, 0.25) is 0 Å². The number of allylic oxidation sites excluding steroid dienone is 2. The van der Waals surface area contributed by atoms with Crippen LogP contribution in [0.3, 0.4) is 0 Å². The van der Waals surface area contributed by atoms with Crippen molar-refractivity contribution in [3.8, 4) is 0 Å². The minimum atomic E-state index is -0.298. The molecule has 8 aliphatic rings. The first kappa shape index (κ1) is 33.6. The summed E-state index contributed by atoms with van der Waals surface area (Å²) in [5.74, 6) is 5.71.